The molecule has 0 heterocycles. The summed E-state index contributed by atoms with van der Waals surface area (Å²) in [6, 6.07) is 0.601. The Morgan fingerprint density at radius 1 is 1.13 bits per heavy atom. The molecular formula is C15H18F3N3O2. The molecule has 2 rings (SSSR count). The highest BCUT2D eigenvalue weighted by Gasteiger charge is 2.23. The Morgan fingerprint density at radius 3 is 2.43 bits per heavy atom. The molecule has 1 saturated carbocycles. The van der Waals surface area contributed by atoms with Gasteiger partial charge in [-0.3, -0.25) is 9.59 Å². The van der Waals surface area contributed by atoms with E-state index in [1.807, 2.05) is 0 Å². The summed E-state index contributed by atoms with van der Waals surface area (Å²) in [5, 5.41) is 5.12. The molecule has 4 N–H and O–H groups in total. The fourth-order valence-electron chi connectivity index (χ4n) is 2.07. The van der Waals surface area contributed by atoms with Gasteiger partial charge in [-0.1, -0.05) is 0 Å². The van der Waals surface area contributed by atoms with Crippen LogP contribution in [-0.4, -0.2) is 30.4 Å². The minimum Gasteiger partial charge on any atom is -0.352 e. The molecule has 0 saturated heterocycles. The first-order valence-electron chi connectivity index (χ1n) is 7.30. The molecule has 1 fully saturated rings. The average Bonchev–Trinajstić information content (AvgIpc) is 3.26. The van der Waals surface area contributed by atoms with Gasteiger partial charge in [0.2, 0.25) is 11.8 Å². The van der Waals surface area contributed by atoms with E-state index >= 15 is 0 Å². The average molecular weight is 329 g/mol. The first-order valence-corrected chi connectivity index (χ1v) is 7.30. The number of nitrogens with one attached hydrogen (secondary N) is 2. The third kappa shape index (κ3) is 5.55. The lowest BCUT2D eigenvalue weighted by Crippen LogP contribution is -2.40. The van der Waals surface area contributed by atoms with Crippen molar-refractivity contribution >= 4 is 11.8 Å². The topological polar surface area (TPSA) is 84.2 Å². The smallest absolute Gasteiger partial charge is 0.239 e. The quantitative estimate of drug-likeness (QED) is 0.646. The van der Waals surface area contributed by atoms with Crippen molar-refractivity contribution < 1.29 is 22.8 Å². The largest absolute Gasteiger partial charge is 0.352 e. The maximum absolute atomic E-state index is 13.5. The lowest BCUT2D eigenvalue weighted by atomic mass is 10.0. The van der Waals surface area contributed by atoms with E-state index in [0.29, 0.717) is 6.07 Å². The number of hydrogen-bond acceptors (Lipinski definition) is 3. The summed E-state index contributed by atoms with van der Waals surface area (Å²) >= 11 is 0. The van der Waals surface area contributed by atoms with Gasteiger partial charge < -0.3 is 16.4 Å². The number of carbonyl (C=O) groups is 2. The molecule has 0 spiro atoms. The van der Waals surface area contributed by atoms with Gasteiger partial charge in [0.25, 0.3) is 0 Å². The highest BCUT2D eigenvalue weighted by Crippen LogP contribution is 2.18. The summed E-state index contributed by atoms with van der Waals surface area (Å²) in [6.45, 7) is -0.151. The third-order valence-electron chi connectivity index (χ3n) is 3.41. The lowest BCUT2D eigenvalue weighted by Gasteiger charge is -2.13. The summed E-state index contributed by atoms with van der Waals surface area (Å²) < 4.78 is 39.4. The van der Waals surface area contributed by atoms with Crippen LogP contribution in [0.25, 0.3) is 0 Å². The van der Waals surface area contributed by atoms with E-state index in [1.165, 1.54) is 0 Å². The van der Waals surface area contributed by atoms with Gasteiger partial charge in [-0.25, -0.2) is 13.2 Å². The van der Waals surface area contributed by atoms with Crippen molar-refractivity contribution in [3.05, 3.63) is 35.1 Å². The summed E-state index contributed by atoms with van der Waals surface area (Å²) in [6.07, 6.45) is 1.62. The number of amides is 2. The number of rotatable bonds is 7. The standard InChI is InChI=1S/C15H18F3N3O2/c16-11-6-13(18)12(17)4-8(11)3-9(19)5-14(22)20-7-15(23)21-10-1-2-10/h4,6,9-10H,1-3,5,7,19H2,(H,20,22)(H,21,23)/t9-/m1/s1. The second kappa shape index (κ2) is 7.45. The van der Waals surface area contributed by atoms with Crippen LogP contribution in [0.1, 0.15) is 24.8 Å². The monoisotopic (exact) mass is 329 g/mol. The molecule has 0 radical (unpaired) electrons. The zero-order valence-corrected chi connectivity index (χ0v) is 12.4. The minimum atomic E-state index is -1.28. The number of hydrogen-bond donors (Lipinski definition) is 3. The molecular weight excluding hydrogens is 311 g/mol. The molecule has 0 aromatic heterocycles. The molecule has 1 aromatic carbocycles. The van der Waals surface area contributed by atoms with Crippen LogP contribution in [0.2, 0.25) is 0 Å². The van der Waals surface area contributed by atoms with Gasteiger partial charge in [0.1, 0.15) is 5.82 Å². The second-order valence-corrected chi connectivity index (χ2v) is 5.64. The van der Waals surface area contributed by atoms with Gasteiger partial charge in [-0.05, 0) is 30.9 Å². The molecule has 23 heavy (non-hydrogen) atoms. The summed E-state index contributed by atoms with van der Waals surface area (Å²) in [4.78, 5) is 23.1. The van der Waals surface area contributed by atoms with E-state index in [4.69, 9.17) is 5.73 Å². The molecule has 0 unspecified atom stereocenters. The molecule has 126 valence electrons. The van der Waals surface area contributed by atoms with Gasteiger partial charge in [-0.15, -0.1) is 0 Å². The number of carbonyl (C=O) groups excluding carboxylic acids is 2. The van der Waals surface area contributed by atoms with Crippen molar-refractivity contribution in [1.29, 1.82) is 0 Å². The predicted molar refractivity (Wildman–Crippen MR) is 76.8 cm³/mol. The van der Waals surface area contributed by atoms with Crippen LogP contribution in [0.15, 0.2) is 12.1 Å². The van der Waals surface area contributed by atoms with E-state index in [-0.39, 0.29) is 36.9 Å². The summed E-state index contributed by atoms with van der Waals surface area (Å²) in [7, 11) is 0. The van der Waals surface area contributed by atoms with Crippen molar-refractivity contribution in [2.24, 2.45) is 5.73 Å². The normalized spacial score (nSPS) is 15.1. The van der Waals surface area contributed by atoms with Gasteiger partial charge in [-0.2, -0.15) is 0 Å². The molecule has 1 aliphatic rings. The molecule has 0 aliphatic heterocycles. The third-order valence-corrected chi connectivity index (χ3v) is 3.41. The maximum Gasteiger partial charge on any atom is 0.239 e. The van der Waals surface area contributed by atoms with Gasteiger partial charge >= 0.3 is 0 Å². The van der Waals surface area contributed by atoms with Crippen molar-refractivity contribution in [3.8, 4) is 0 Å². The van der Waals surface area contributed by atoms with Crippen molar-refractivity contribution in [3.63, 3.8) is 0 Å². The Hall–Kier alpha value is -2.09. The maximum atomic E-state index is 13.5. The second-order valence-electron chi connectivity index (χ2n) is 5.64. The van der Waals surface area contributed by atoms with Crippen LogP contribution in [-0.2, 0) is 16.0 Å². The van der Waals surface area contributed by atoms with Crippen LogP contribution in [0.4, 0.5) is 13.2 Å². The Kier molecular flexibility index (Phi) is 5.59. The van der Waals surface area contributed by atoms with Gasteiger partial charge in [0.15, 0.2) is 11.6 Å². The van der Waals surface area contributed by atoms with Crippen LogP contribution >= 0.6 is 0 Å². The Morgan fingerprint density at radius 2 is 1.78 bits per heavy atom. The van der Waals surface area contributed by atoms with Crippen molar-refractivity contribution in [1.82, 2.24) is 10.6 Å². The van der Waals surface area contributed by atoms with Gasteiger partial charge in [0.05, 0.1) is 6.54 Å². The van der Waals surface area contributed by atoms with E-state index in [0.717, 1.165) is 18.9 Å². The Labute approximate surface area is 131 Å². The summed E-state index contributed by atoms with van der Waals surface area (Å²) in [5.74, 6) is -4.11. The molecule has 5 nitrogen and oxygen atoms in total. The molecule has 0 bridgehead atoms. The van der Waals surface area contributed by atoms with E-state index in [2.05, 4.69) is 10.6 Å². The molecule has 8 heteroatoms. The van der Waals surface area contributed by atoms with E-state index in [9.17, 15) is 22.8 Å². The Bertz CT molecular complexity index is 606. The van der Waals surface area contributed by atoms with Crippen molar-refractivity contribution in [2.75, 3.05) is 6.54 Å². The Balaban J connectivity index is 1.77. The molecule has 1 aromatic rings. The fourth-order valence-corrected chi connectivity index (χ4v) is 2.07. The number of halogens is 3. The minimum absolute atomic E-state index is 0.101. The fraction of sp³-hybridized carbons (Fsp3) is 0.467. The highest BCUT2D eigenvalue weighted by atomic mass is 19.2. The zero-order chi connectivity index (χ0) is 17.0. The number of benzene rings is 1. The number of nitrogens with two attached hydrogens (primary N) is 1. The van der Waals surface area contributed by atoms with Crippen molar-refractivity contribution in [2.45, 2.75) is 37.8 Å². The van der Waals surface area contributed by atoms with E-state index < -0.39 is 29.4 Å². The molecule has 2 amide bonds. The van der Waals surface area contributed by atoms with Crippen LogP contribution < -0.4 is 16.4 Å². The highest BCUT2D eigenvalue weighted by molar-refractivity contribution is 5.85. The van der Waals surface area contributed by atoms with Gasteiger partial charge in [0, 0.05) is 24.6 Å². The molecule has 1 atom stereocenters. The van der Waals surface area contributed by atoms with E-state index in [1.54, 1.807) is 0 Å². The van der Waals surface area contributed by atoms with Crippen LogP contribution in [0, 0.1) is 17.5 Å². The predicted octanol–water partition coefficient (Wildman–Crippen LogP) is 0.759. The van der Waals surface area contributed by atoms with Crippen LogP contribution in [0.5, 0.6) is 0 Å². The molecule has 1 aliphatic carbocycles. The summed E-state index contributed by atoms with van der Waals surface area (Å²) in [5.41, 5.74) is 5.62. The lowest BCUT2D eigenvalue weighted by molar-refractivity contribution is -0.126. The zero-order valence-electron chi connectivity index (χ0n) is 12.4. The first-order chi connectivity index (χ1) is 10.8. The van der Waals surface area contributed by atoms with Crippen LogP contribution in [0.3, 0.4) is 0 Å². The SMILES string of the molecule is N[C@@H](CC(=O)NCC(=O)NC1CC1)Cc1cc(F)c(F)cc1F. The first kappa shape index (κ1) is 17.3.